The summed E-state index contributed by atoms with van der Waals surface area (Å²) in [5.74, 6) is 1.02. The lowest BCUT2D eigenvalue weighted by atomic mass is 10.2. The van der Waals surface area contributed by atoms with Crippen LogP contribution in [0.3, 0.4) is 0 Å². The van der Waals surface area contributed by atoms with E-state index in [4.69, 9.17) is 0 Å². The molecular weight excluding hydrogens is 200 g/mol. The molecule has 0 saturated heterocycles. The molecule has 0 unspecified atom stereocenters. The van der Waals surface area contributed by atoms with Gasteiger partial charge in [-0.25, -0.2) is 4.98 Å². The van der Waals surface area contributed by atoms with Crippen LogP contribution in [0.4, 0.5) is 0 Å². The maximum Gasteiger partial charge on any atom is 0.138 e. The molecule has 3 rings (SSSR count). The molecule has 1 aromatic heterocycles. The van der Waals surface area contributed by atoms with Crippen molar-refractivity contribution in [3.63, 3.8) is 0 Å². The number of aromatic amines is 1. The lowest BCUT2D eigenvalue weighted by Gasteiger charge is -1.96. The maximum absolute atomic E-state index is 9.41. The number of para-hydroxylation sites is 2. The number of phenols is 1. The minimum Gasteiger partial charge on any atom is -0.508 e. The van der Waals surface area contributed by atoms with E-state index in [0.29, 0.717) is 0 Å². The van der Waals surface area contributed by atoms with Crippen molar-refractivity contribution in [1.82, 2.24) is 9.97 Å². The maximum atomic E-state index is 9.41. The Hall–Kier alpha value is -2.29. The van der Waals surface area contributed by atoms with Crippen LogP contribution in [0.5, 0.6) is 5.75 Å². The molecule has 0 aliphatic rings. The fourth-order valence-corrected chi connectivity index (χ4v) is 1.74. The van der Waals surface area contributed by atoms with Gasteiger partial charge in [0.15, 0.2) is 0 Å². The first-order chi connectivity index (χ1) is 7.83. The lowest BCUT2D eigenvalue weighted by Crippen LogP contribution is -1.78. The van der Waals surface area contributed by atoms with Crippen molar-refractivity contribution in [2.24, 2.45) is 0 Å². The molecule has 1 heterocycles. The summed E-state index contributed by atoms with van der Waals surface area (Å²) in [6, 6.07) is 14.9. The average molecular weight is 210 g/mol. The summed E-state index contributed by atoms with van der Waals surface area (Å²) >= 11 is 0. The number of H-pyrrole nitrogens is 1. The highest BCUT2D eigenvalue weighted by atomic mass is 16.3. The van der Waals surface area contributed by atoms with E-state index in [0.717, 1.165) is 22.4 Å². The molecule has 3 heteroatoms. The number of nitrogens with zero attached hydrogens (tertiary/aromatic N) is 1. The quantitative estimate of drug-likeness (QED) is 0.648. The van der Waals surface area contributed by atoms with E-state index in [2.05, 4.69) is 9.97 Å². The minimum absolute atomic E-state index is 0.248. The number of rotatable bonds is 1. The van der Waals surface area contributed by atoms with Crippen LogP contribution in [-0.4, -0.2) is 15.1 Å². The molecular formula is C13H10N2O. The molecule has 78 valence electrons. The van der Waals surface area contributed by atoms with Crippen LogP contribution in [0, 0.1) is 0 Å². The highest BCUT2D eigenvalue weighted by Crippen LogP contribution is 2.22. The Kier molecular flexibility index (Phi) is 1.90. The van der Waals surface area contributed by atoms with Gasteiger partial charge in [-0.3, -0.25) is 0 Å². The number of benzene rings is 2. The molecule has 16 heavy (non-hydrogen) atoms. The third kappa shape index (κ3) is 1.42. The zero-order valence-corrected chi connectivity index (χ0v) is 8.51. The fraction of sp³-hybridized carbons (Fsp3) is 0. The molecule has 2 N–H and O–H groups in total. The Morgan fingerprint density at radius 3 is 2.69 bits per heavy atom. The number of aromatic hydroxyl groups is 1. The van der Waals surface area contributed by atoms with E-state index < -0.39 is 0 Å². The summed E-state index contributed by atoms with van der Waals surface area (Å²) in [5, 5.41) is 9.41. The summed E-state index contributed by atoms with van der Waals surface area (Å²) in [6.45, 7) is 0. The molecule has 0 bridgehead atoms. The summed E-state index contributed by atoms with van der Waals surface area (Å²) < 4.78 is 0. The average Bonchev–Trinajstić information content (AvgIpc) is 2.72. The van der Waals surface area contributed by atoms with Gasteiger partial charge in [0, 0.05) is 5.56 Å². The van der Waals surface area contributed by atoms with Gasteiger partial charge in [-0.05, 0) is 24.3 Å². The Morgan fingerprint density at radius 1 is 1.00 bits per heavy atom. The number of hydrogen-bond acceptors (Lipinski definition) is 2. The van der Waals surface area contributed by atoms with Crippen LogP contribution < -0.4 is 0 Å². The van der Waals surface area contributed by atoms with E-state index in [9.17, 15) is 5.11 Å². The fourth-order valence-electron chi connectivity index (χ4n) is 1.74. The van der Waals surface area contributed by atoms with Crippen molar-refractivity contribution < 1.29 is 5.11 Å². The topological polar surface area (TPSA) is 48.9 Å². The number of imidazole rings is 1. The van der Waals surface area contributed by atoms with Crippen molar-refractivity contribution >= 4 is 11.0 Å². The van der Waals surface area contributed by atoms with Gasteiger partial charge in [0.1, 0.15) is 11.6 Å². The van der Waals surface area contributed by atoms with Crippen LogP contribution >= 0.6 is 0 Å². The van der Waals surface area contributed by atoms with E-state index in [1.165, 1.54) is 0 Å². The number of phenolic OH excluding ortho intramolecular Hbond substituents is 1. The second kappa shape index (κ2) is 3.38. The Bertz CT molecular complexity index is 610. The number of hydrogen-bond donors (Lipinski definition) is 2. The highest BCUT2D eigenvalue weighted by Gasteiger charge is 2.04. The van der Waals surface area contributed by atoms with Gasteiger partial charge in [-0.2, -0.15) is 0 Å². The second-order valence-corrected chi connectivity index (χ2v) is 3.65. The van der Waals surface area contributed by atoms with Gasteiger partial charge >= 0.3 is 0 Å². The Labute approximate surface area is 92.4 Å². The second-order valence-electron chi connectivity index (χ2n) is 3.65. The molecule has 0 amide bonds. The van der Waals surface area contributed by atoms with Gasteiger partial charge in [0.25, 0.3) is 0 Å². The van der Waals surface area contributed by atoms with E-state index >= 15 is 0 Å². The summed E-state index contributed by atoms with van der Waals surface area (Å²) in [5.41, 5.74) is 2.82. The van der Waals surface area contributed by atoms with Crippen molar-refractivity contribution in [1.29, 1.82) is 0 Å². The van der Waals surface area contributed by atoms with E-state index in [1.807, 2.05) is 30.3 Å². The zero-order chi connectivity index (χ0) is 11.0. The number of fused-ring (bicyclic) bond motifs is 1. The molecule has 0 saturated carbocycles. The van der Waals surface area contributed by atoms with Gasteiger partial charge in [0.05, 0.1) is 11.0 Å². The summed E-state index contributed by atoms with van der Waals surface area (Å²) in [7, 11) is 0. The molecule has 0 atom stereocenters. The van der Waals surface area contributed by atoms with Crippen LogP contribution in [0.2, 0.25) is 0 Å². The van der Waals surface area contributed by atoms with Crippen molar-refractivity contribution in [3.05, 3.63) is 48.5 Å². The van der Waals surface area contributed by atoms with Gasteiger partial charge in [-0.1, -0.05) is 24.3 Å². The zero-order valence-electron chi connectivity index (χ0n) is 8.51. The predicted molar refractivity (Wildman–Crippen MR) is 63.2 cm³/mol. The first kappa shape index (κ1) is 8.97. The standard InChI is InChI=1S/C13H10N2O/c16-10-5-3-4-9(8-10)13-14-11-6-1-2-7-12(11)15-13/h1-8,16H,(H,14,15). The molecule has 2 aromatic carbocycles. The molecule has 3 aromatic rings. The van der Waals surface area contributed by atoms with Crippen molar-refractivity contribution in [2.75, 3.05) is 0 Å². The van der Waals surface area contributed by atoms with Crippen LogP contribution in [0.25, 0.3) is 22.4 Å². The molecule has 0 aliphatic heterocycles. The number of nitrogens with one attached hydrogen (secondary N) is 1. The lowest BCUT2D eigenvalue weighted by molar-refractivity contribution is 0.475. The van der Waals surface area contributed by atoms with Gasteiger partial charge < -0.3 is 10.1 Å². The van der Waals surface area contributed by atoms with Crippen LogP contribution in [0.15, 0.2) is 48.5 Å². The SMILES string of the molecule is Oc1cccc(-c2nc3ccccc3[nH]2)c1. The number of aromatic nitrogens is 2. The largest absolute Gasteiger partial charge is 0.508 e. The first-order valence-corrected chi connectivity index (χ1v) is 5.07. The Morgan fingerprint density at radius 2 is 1.88 bits per heavy atom. The minimum atomic E-state index is 0.248. The molecule has 0 aliphatic carbocycles. The van der Waals surface area contributed by atoms with E-state index in [1.54, 1.807) is 18.2 Å². The smallest absolute Gasteiger partial charge is 0.138 e. The highest BCUT2D eigenvalue weighted by molar-refractivity contribution is 5.79. The third-order valence-corrected chi connectivity index (χ3v) is 2.51. The van der Waals surface area contributed by atoms with Crippen LogP contribution in [0.1, 0.15) is 0 Å². The Balaban J connectivity index is 2.19. The van der Waals surface area contributed by atoms with E-state index in [-0.39, 0.29) is 5.75 Å². The van der Waals surface area contributed by atoms with Gasteiger partial charge in [0.2, 0.25) is 0 Å². The monoisotopic (exact) mass is 210 g/mol. The molecule has 0 radical (unpaired) electrons. The van der Waals surface area contributed by atoms with Gasteiger partial charge in [-0.15, -0.1) is 0 Å². The molecule has 3 nitrogen and oxygen atoms in total. The molecule has 0 spiro atoms. The summed E-state index contributed by atoms with van der Waals surface area (Å²) in [4.78, 5) is 7.67. The third-order valence-electron chi connectivity index (χ3n) is 2.51. The van der Waals surface area contributed by atoms with Crippen molar-refractivity contribution in [2.45, 2.75) is 0 Å². The predicted octanol–water partition coefficient (Wildman–Crippen LogP) is 2.94. The summed E-state index contributed by atoms with van der Waals surface area (Å²) in [6.07, 6.45) is 0. The first-order valence-electron chi connectivity index (χ1n) is 5.07. The molecule has 0 fully saturated rings. The van der Waals surface area contributed by atoms with Crippen LogP contribution in [-0.2, 0) is 0 Å². The van der Waals surface area contributed by atoms with Crippen molar-refractivity contribution in [3.8, 4) is 17.1 Å². The normalized spacial score (nSPS) is 10.8.